The molecule has 74 heavy (non-hydrogen) atoms. The third-order valence-corrected chi connectivity index (χ3v) is 12.1. The molecule has 5 amide bonds. The SMILES string of the molecule is CCOCCOCC(=O)NCCOCCOCC(=O)N[C@@H](CCCCNC(=O)CCC(=O)C1C[C@H](NC(=O)c2cc3c(c(C(F)(F)F)c2)COB3O)[C@@H](NC(=O)c2cc3c(c(C(F)(F)F)c2)COB3O)C1)C(=O)O. The number of carbonyl (C=O) groups is 7. The molecule has 8 N–H and O–H groups in total. The van der Waals surface area contributed by atoms with Crippen molar-refractivity contribution in [1.82, 2.24) is 26.6 Å². The Labute approximate surface area is 420 Å². The highest BCUT2D eigenvalue weighted by Crippen LogP contribution is 2.36. The topological polar surface area (TPSA) is 296 Å². The van der Waals surface area contributed by atoms with Gasteiger partial charge in [-0.15, -0.1) is 0 Å². The molecular formula is C45H57B2F6N5O16. The Morgan fingerprint density at radius 3 is 1.68 bits per heavy atom. The normalized spacial score (nSPS) is 16.9. The number of ketones is 1. The summed E-state index contributed by atoms with van der Waals surface area (Å²) in [7, 11) is -3.54. The lowest BCUT2D eigenvalue weighted by Gasteiger charge is -2.23. The van der Waals surface area contributed by atoms with Gasteiger partial charge in [-0.25, -0.2) is 4.79 Å². The Morgan fingerprint density at radius 1 is 0.662 bits per heavy atom. The average molecular weight is 1060 g/mol. The van der Waals surface area contributed by atoms with Gasteiger partial charge in [-0.05, 0) is 85.3 Å². The van der Waals surface area contributed by atoms with Crippen molar-refractivity contribution in [2.75, 3.05) is 65.9 Å². The summed E-state index contributed by atoms with van der Waals surface area (Å²) in [6, 6.07) is -0.567. The number of fused-ring (bicyclic) bond motifs is 2. The predicted octanol–water partition coefficient (Wildman–Crippen LogP) is -0.126. The van der Waals surface area contributed by atoms with Crippen LogP contribution in [0.2, 0.25) is 0 Å². The molecule has 1 saturated carbocycles. The third-order valence-electron chi connectivity index (χ3n) is 12.1. The summed E-state index contributed by atoms with van der Waals surface area (Å²) < 4.78 is 115. The van der Waals surface area contributed by atoms with Crippen LogP contribution < -0.4 is 37.5 Å². The van der Waals surface area contributed by atoms with Crippen molar-refractivity contribution in [3.63, 3.8) is 0 Å². The number of hydrogen-bond donors (Lipinski definition) is 8. The summed E-state index contributed by atoms with van der Waals surface area (Å²) in [4.78, 5) is 89.3. The first-order valence-corrected chi connectivity index (χ1v) is 23.7. The van der Waals surface area contributed by atoms with Crippen LogP contribution >= 0.6 is 0 Å². The minimum Gasteiger partial charge on any atom is -0.480 e. The molecule has 1 aliphatic carbocycles. The minimum absolute atomic E-state index is 0.00241. The number of rotatable bonds is 29. The Morgan fingerprint density at radius 2 is 1.16 bits per heavy atom. The Bertz CT molecular complexity index is 2230. The summed E-state index contributed by atoms with van der Waals surface area (Å²) in [5, 5.41) is 42.6. The molecule has 0 bridgehead atoms. The van der Waals surface area contributed by atoms with E-state index < -0.39 is 128 Å². The molecule has 3 aliphatic rings. The lowest BCUT2D eigenvalue weighted by atomic mass is 9.77. The van der Waals surface area contributed by atoms with Crippen LogP contribution in [0.4, 0.5) is 26.3 Å². The molecule has 0 aromatic heterocycles. The Balaban J connectivity index is 1.08. The fraction of sp³-hybridized carbons (Fsp3) is 0.578. The van der Waals surface area contributed by atoms with Gasteiger partial charge < -0.3 is 70.0 Å². The van der Waals surface area contributed by atoms with E-state index in [2.05, 4.69) is 26.6 Å². The van der Waals surface area contributed by atoms with Crippen molar-refractivity contribution in [3.05, 3.63) is 57.6 Å². The number of hydrogen-bond acceptors (Lipinski definition) is 15. The fourth-order valence-electron chi connectivity index (χ4n) is 8.40. The van der Waals surface area contributed by atoms with Gasteiger partial charge in [-0.3, -0.25) is 28.8 Å². The smallest absolute Gasteiger partial charge is 0.480 e. The first-order valence-electron chi connectivity index (χ1n) is 23.7. The number of halogens is 6. The van der Waals surface area contributed by atoms with E-state index in [-0.39, 0.29) is 119 Å². The second-order valence-electron chi connectivity index (χ2n) is 17.4. The Kier molecular flexibility index (Phi) is 22.2. The number of unbranched alkanes of at least 4 members (excludes halogenated alkanes) is 1. The number of nitrogens with one attached hydrogen (secondary N) is 5. The van der Waals surface area contributed by atoms with E-state index in [0.29, 0.717) is 25.3 Å². The molecule has 1 fully saturated rings. The number of amides is 5. The number of Topliss-reactive ketones (excluding diaryl/α,β-unsaturated/α-hetero) is 1. The van der Waals surface area contributed by atoms with Crippen molar-refractivity contribution in [1.29, 1.82) is 0 Å². The summed E-state index contributed by atoms with van der Waals surface area (Å²) in [5.74, 6) is -6.59. The molecule has 3 atom stereocenters. The van der Waals surface area contributed by atoms with Crippen molar-refractivity contribution in [3.8, 4) is 0 Å². The fourth-order valence-corrected chi connectivity index (χ4v) is 8.40. The average Bonchev–Trinajstić information content (AvgIpc) is 4.05. The largest absolute Gasteiger partial charge is 0.491 e. The van der Waals surface area contributed by atoms with E-state index in [1.165, 1.54) is 0 Å². The van der Waals surface area contributed by atoms with Crippen molar-refractivity contribution in [2.45, 2.75) is 95.6 Å². The zero-order valence-electron chi connectivity index (χ0n) is 40.1. The summed E-state index contributed by atoms with van der Waals surface area (Å²) in [5.41, 5.74) is -4.97. The lowest BCUT2D eigenvalue weighted by Crippen LogP contribution is -2.49. The number of carboxylic acids is 1. The molecular weight excluding hydrogens is 1000 g/mol. The van der Waals surface area contributed by atoms with Crippen molar-refractivity contribution in [2.24, 2.45) is 5.92 Å². The highest BCUT2D eigenvalue weighted by Gasteiger charge is 2.44. The van der Waals surface area contributed by atoms with E-state index in [1.807, 2.05) is 6.92 Å². The number of benzene rings is 2. The van der Waals surface area contributed by atoms with Crippen LogP contribution in [0.3, 0.4) is 0 Å². The maximum atomic E-state index is 14.1. The highest BCUT2D eigenvalue weighted by molar-refractivity contribution is 6.62. The van der Waals surface area contributed by atoms with Gasteiger partial charge in [0.25, 0.3) is 11.8 Å². The second-order valence-corrected chi connectivity index (χ2v) is 17.4. The molecule has 2 aromatic rings. The molecule has 2 aromatic carbocycles. The highest BCUT2D eigenvalue weighted by atomic mass is 19.4. The molecule has 0 radical (unpaired) electrons. The molecule has 29 heteroatoms. The van der Waals surface area contributed by atoms with Crippen LogP contribution in [0.25, 0.3) is 0 Å². The summed E-state index contributed by atoms with van der Waals surface area (Å²) in [6.07, 6.45) is -10.5. The van der Waals surface area contributed by atoms with Gasteiger partial charge in [0, 0.05) is 49.6 Å². The third kappa shape index (κ3) is 17.5. The lowest BCUT2D eigenvalue weighted by molar-refractivity contribution is -0.143. The molecule has 0 saturated heterocycles. The molecule has 0 unspecified atom stereocenters. The van der Waals surface area contributed by atoms with Crippen molar-refractivity contribution >= 4 is 66.5 Å². The van der Waals surface area contributed by atoms with Gasteiger partial charge in [0.15, 0.2) is 0 Å². The predicted molar refractivity (Wildman–Crippen MR) is 246 cm³/mol. The van der Waals surface area contributed by atoms with Gasteiger partial charge in [-0.1, -0.05) is 0 Å². The van der Waals surface area contributed by atoms with Crippen LogP contribution in [-0.2, 0) is 77.8 Å². The monoisotopic (exact) mass is 1060 g/mol. The maximum Gasteiger partial charge on any atom is 0.491 e. The van der Waals surface area contributed by atoms with Crippen LogP contribution in [0.15, 0.2) is 24.3 Å². The number of carbonyl (C=O) groups excluding carboxylic acids is 6. The van der Waals surface area contributed by atoms with Crippen molar-refractivity contribution < 1.29 is 103 Å². The van der Waals surface area contributed by atoms with Gasteiger partial charge in [0.2, 0.25) is 17.7 Å². The van der Waals surface area contributed by atoms with Crippen LogP contribution in [-0.4, -0.2) is 155 Å². The van der Waals surface area contributed by atoms with Gasteiger partial charge >= 0.3 is 32.6 Å². The van der Waals surface area contributed by atoms with Gasteiger partial charge in [-0.2, -0.15) is 26.3 Å². The van der Waals surface area contributed by atoms with E-state index in [0.717, 1.165) is 12.1 Å². The van der Waals surface area contributed by atoms with E-state index in [1.54, 1.807) is 0 Å². The maximum absolute atomic E-state index is 14.1. The van der Waals surface area contributed by atoms with Crippen LogP contribution in [0.1, 0.15) is 94.8 Å². The number of aliphatic carboxylic acids is 1. The summed E-state index contributed by atoms with van der Waals surface area (Å²) in [6.45, 7) is 1.87. The van der Waals surface area contributed by atoms with E-state index >= 15 is 0 Å². The molecule has 0 spiro atoms. The number of ether oxygens (including phenoxy) is 4. The molecule has 2 heterocycles. The Hall–Kier alpha value is -5.68. The first kappa shape index (κ1) is 59.2. The van der Waals surface area contributed by atoms with E-state index in [4.69, 9.17) is 28.3 Å². The van der Waals surface area contributed by atoms with E-state index in [9.17, 15) is 75.1 Å². The quantitative estimate of drug-likeness (QED) is 0.0299. The van der Waals surface area contributed by atoms with Crippen LogP contribution in [0, 0.1) is 5.92 Å². The van der Waals surface area contributed by atoms with Crippen LogP contribution in [0.5, 0.6) is 0 Å². The van der Waals surface area contributed by atoms with Gasteiger partial charge in [0.1, 0.15) is 25.0 Å². The molecule has 5 rings (SSSR count). The summed E-state index contributed by atoms with van der Waals surface area (Å²) >= 11 is 0. The minimum atomic E-state index is -4.96. The second kappa shape index (κ2) is 27.7. The molecule has 21 nitrogen and oxygen atoms in total. The first-order chi connectivity index (χ1) is 35.1. The standard InChI is InChI=1S/C45H57B2F6N5O16/c1-2-69-11-13-71-23-39(61)55-9-10-70-12-14-72-24-40(62)56-34(43(65)66)5-3-4-8-54-38(60)7-6-37(59)25-19-35(57-41(63)26-15-30(44(48,49)50)28-21-73-46(67)32(28)17-26)36(20-25)58-42(64)27-16-31(45(51,52)53)29-22-74-47(68)33(29)18-27/h15-18,25,34-36,67-68H,2-14,19-24H2,1H3,(H,54,60)(H,55,61)(H,56,62)(H,57,63)(H,58,64)(H,65,66)/t34-,35-,36-/m0/s1. The molecule has 406 valence electrons. The van der Waals surface area contributed by atoms with Gasteiger partial charge in [0.05, 0.1) is 69.5 Å². The molecule has 2 aliphatic heterocycles. The zero-order chi connectivity index (χ0) is 54.2. The number of carboxylic acid groups (broad SMARTS) is 1. The zero-order valence-corrected chi connectivity index (χ0v) is 40.1. The number of alkyl halides is 6.